The van der Waals surface area contributed by atoms with Crippen molar-refractivity contribution < 1.29 is 7.67 Å². The molecule has 0 saturated heterocycles. The van der Waals surface area contributed by atoms with Gasteiger partial charge in [-0.1, -0.05) is 0 Å². The molecule has 1 aromatic heterocycles. The van der Waals surface area contributed by atoms with Crippen molar-refractivity contribution in [3.63, 3.8) is 0 Å². The molecule has 17 heavy (non-hydrogen) atoms. The number of hydrogen-bond acceptors (Lipinski definition) is 4. The number of nitrogens with zero attached hydrogens (tertiary/aromatic N) is 3. The Bertz CT molecular complexity index is 622. The summed E-state index contributed by atoms with van der Waals surface area (Å²) in [6, 6.07) is 3.72. The van der Waals surface area contributed by atoms with E-state index in [0.29, 0.717) is 4.46 Å². The van der Waals surface area contributed by atoms with Crippen molar-refractivity contribution in [3.05, 3.63) is 41.5 Å². The van der Waals surface area contributed by atoms with Crippen LogP contribution < -0.4 is 4.46 Å². The molecule has 0 aliphatic rings. The molecule has 0 spiro atoms. The van der Waals surface area contributed by atoms with Crippen LogP contribution in [0.1, 0.15) is 16.7 Å². The summed E-state index contributed by atoms with van der Waals surface area (Å²) in [7, 11) is 0. The Balaban J connectivity index is 2.71. The third kappa shape index (κ3) is 2.01. The summed E-state index contributed by atoms with van der Waals surface area (Å²) >= 11 is -4.47. The fourth-order valence-corrected chi connectivity index (χ4v) is 5.06. The van der Waals surface area contributed by atoms with Gasteiger partial charge < -0.3 is 0 Å². The van der Waals surface area contributed by atoms with Crippen molar-refractivity contribution in [2.45, 2.75) is 20.8 Å². The predicted octanol–water partition coefficient (Wildman–Crippen LogP) is 0.759. The average Bonchev–Trinajstić information content (AvgIpc) is 2.67. The van der Waals surface area contributed by atoms with Gasteiger partial charge in [-0.25, -0.2) is 0 Å². The molecule has 1 heterocycles. The summed E-state index contributed by atoms with van der Waals surface area (Å²) in [5, 5.41) is 3.72. The summed E-state index contributed by atoms with van der Waals surface area (Å²) in [6.07, 6.45) is 2.44. The first kappa shape index (κ1) is 12.0. The number of hydrogen-bond donors (Lipinski definition) is 0. The van der Waals surface area contributed by atoms with Crippen LogP contribution in [0.4, 0.5) is 0 Å². The fraction of sp³-hybridized carbons (Fsp3) is 0.273. The Labute approximate surface area is 101 Å². The molecular weight excluding hydrogens is 285 g/mol. The molecule has 0 aliphatic heterocycles. The summed E-state index contributed by atoms with van der Waals surface area (Å²) in [5.41, 5.74) is 2.56. The third-order valence-electron chi connectivity index (χ3n) is 2.51. The van der Waals surface area contributed by atoms with E-state index in [1.165, 1.54) is 12.7 Å². The van der Waals surface area contributed by atoms with E-state index < -0.39 is 12.9 Å². The fourth-order valence-electron chi connectivity index (χ4n) is 1.99. The Morgan fingerprint density at radius 2 is 1.71 bits per heavy atom. The molecule has 0 atom stereocenters. The zero-order valence-electron chi connectivity index (χ0n) is 9.88. The van der Waals surface area contributed by atoms with Crippen LogP contribution in [0, 0.1) is 20.8 Å². The van der Waals surface area contributed by atoms with Gasteiger partial charge in [0.2, 0.25) is 0 Å². The van der Waals surface area contributed by atoms with E-state index in [-0.39, 0.29) is 0 Å². The molecule has 0 fully saturated rings. The Morgan fingerprint density at radius 3 is 2.18 bits per heavy atom. The average molecular weight is 298 g/mol. The number of aryl methyl sites for hydroxylation is 3. The Morgan fingerprint density at radius 1 is 1.12 bits per heavy atom. The topological polar surface area (TPSA) is 64.8 Å². The van der Waals surface area contributed by atoms with Gasteiger partial charge in [0.05, 0.1) is 0 Å². The molecule has 0 radical (unpaired) electrons. The van der Waals surface area contributed by atoms with Crippen LogP contribution in [0.25, 0.3) is 0 Å². The molecule has 0 N–H and O–H groups in total. The van der Waals surface area contributed by atoms with E-state index >= 15 is 0 Å². The van der Waals surface area contributed by atoms with E-state index in [1.807, 2.05) is 19.1 Å². The number of benzene rings is 1. The van der Waals surface area contributed by atoms with Crippen LogP contribution in [0.2, 0.25) is 0 Å². The molecule has 0 saturated carbocycles. The first-order chi connectivity index (χ1) is 7.93. The summed E-state index contributed by atoms with van der Waals surface area (Å²) < 4.78 is 26.1. The minimum absolute atomic E-state index is 0.373. The first-order valence-corrected chi connectivity index (χ1v) is 8.13. The minimum atomic E-state index is -4.47. The van der Waals surface area contributed by atoms with Gasteiger partial charge >= 0.3 is 101 Å². The molecule has 1 aromatic carbocycles. The van der Waals surface area contributed by atoms with Gasteiger partial charge in [0.15, 0.2) is 0 Å². The second kappa shape index (κ2) is 4.05. The van der Waals surface area contributed by atoms with Crippen LogP contribution in [0.3, 0.4) is 0 Å². The van der Waals surface area contributed by atoms with Crippen LogP contribution in [-0.2, 0) is 7.67 Å². The number of aromatic nitrogens is 3. The number of rotatable bonds is 2. The zero-order chi connectivity index (χ0) is 12.6. The van der Waals surface area contributed by atoms with Gasteiger partial charge in [0, 0.05) is 0 Å². The van der Waals surface area contributed by atoms with Crippen LogP contribution in [-0.4, -0.2) is 26.7 Å². The monoisotopic (exact) mass is 299 g/mol. The predicted molar refractivity (Wildman–Crippen MR) is 62.8 cm³/mol. The second-order valence-corrected chi connectivity index (χ2v) is 7.64. The molecule has 0 bridgehead atoms. The van der Waals surface area contributed by atoms with Gasteiger partial charge in [-0.2, -0.15) is 0 Å². The van der Waals surface area contributed by atoms with Crippen molar-refractivity contribution >= 4 is 17.4 Å². The van der Waals surface area contributed by atoms with Crippen molar-refractivity contribution in [2.75, 3.05) is 0 Å². The van der Waals surface area contributed by atoms with E-state index in [1.54, 1.807) is 13.8 Å². The molecule has 0 amide bonds. The van der Waals surface area contributed by atoms with E-state index in [9.17, 15) is 7.67 Å². The second-order valence-electron chi connectivity index (χ2n) is 4.00. The SMILES string of the molecule is Cc1cc(C)c([Se](=O)(=O)n2cncn2)c(C)c1. The normalized spacial score (nSPS) is 11.7. The molecule has 2 rings (SSSR count). The molecule has 90 valence electrons. The van der Waals surface area contributed by atoms with Crippen LogP contribution in [0.5, 0.6) is 0 Å². The van der Waals surface area contributed by atoms with Gasteiger partial charge in [-0.15, -0.1) is 0 Å². The Hall–Kier alpha value is -1.52. The quantitative estimate of drug-likeness (QED) is 0.768. The van der Waals surface area contributed by atoms with E-state index in [2.05, 4.69) is 10.1 Å². The van der Waals surface area contributed by atoms with Crippen LogP contribution in [0.15, 0.2) is 24.8 Å². The first-order valence-electron chi connectivity index (χ1n) is 5.11. The molecule has 0 aliphatic carbocycles. The van der Waals surface area contributed by atoms with Gasteiger partial charge in [0.25, 0.3) is 0 Å². The van der Waals surface area contributed by atoms with Crippen molar-refractivity contribution in [1.29, 1.82) is 0 Å². The Kier molecular flexibility index (Phi) is 2.85. The van der Waals surface area contributed by atoms with Crippen molar-refractivity contribution in [3.8, 4) is 0 Å². The summed E-state index contributed by atoms with van der Waals surface area (Å²) in [4.78, 5) is 3.68. The van der Waals surface area contributed by atoms with E-state index in [4.69, 9.17) is 0 Å². The maximum atomic E-state index is 12.4. The van der Waals surface area contributed by atoms with Crippen molar-refractivity contribution in [2.24, 2.45) is 0 Å². The zero-order valence-corrected chi connectivity index (χ0v) is 11.6. The van der Waals surface area contributed by atoms with Gasteiger partial charge in [-0.05, 0) is 0 Å². The van der Waals surface area contributed by atoms with Crippen molar-refractivity contribution in [1.82, 2.24) is 13.8 Å². The van der Waals surface area contributed by atoms with E-state index in [0.717, 1.165) is 20.4 Å². The molecule has 5 nitrogen and oxygen atoms in total. The molecule has 0 unspecified atom stereocenters. The van der Waals surface area contributed by atoms with Crippen LogP contribution >= 0.6 is 0 Å². The molecule has 2 aromatic rings. The van der Waals surface area contributed by atoms with Gasteiger partial charge in [0.1, 0.15) is 0 Å². The molecular formula is C11H13N3O2Se. The molecule has 6 heteroatoms. The summed E-state index contributed by atoms with van der Waals surface area (Å²) in [5.74, 6) is 0. The third-order valence-corrected chi connectivity index (χ3v) is 6.37. The standard InChI is InChI=1S/C11H13N3O2Se/c1-8-4-9(2)11(10(3)5-8)17(15,16)14-7-12-6-13-14/h4-7H,1-3H3. The summed E-state index contributed by atoms with van der Waals surface area (Å²) in [6.45, 7) is 5.54. The maximum absolute atomic E-state index is 12.4. The van der Waals surface area contributed by atoms with Gasteiger partial charge in [-0.3, -0.25) is 0 Å².